The van der Waals surface area contributed by atoms with Crippen LogP contribution in [0.3, 0.4) is 0 Å². The third-order valence-electron chi connectivity index (χ3n) is 3.14. The molecule has 0 saturated heterocycles. The summed E-state index contributed by atoms with van der Waals surface area (Å²) in [7, 11) is 0. The number of carbonyl (C=O) groups excluding carboxylic acids is 1. The summed E-state index contributed by atoms with van der Waals surface area (Å²) in [6.07, 6.45) is 1.62. The van der Waals surface area contributed by atoms with Crippen molar-refractivity contribution in [1.29, 1.82) is 5.26 Å². The van der Waals surface area contributed by atoms with Crippen LogP contribution in [0, 0.1) is 18.3 Å². The number of rotatable bonds is 6. The second-order valence-corrected chi connectivity index (χ2v) is 6.35. The average molecular weight is 329 g/mol. The van der Waals surface area contributed by atoms with Gasteiger partial charge in [-0.25, -0.2) is 9.97 Å². The summed E-state index contributed by atoms with van der Waals surface area (Å²) in [5.41, 5.74) is 1.25. The van der Waals surface area contributed by atoms with Gasteiger partial charge < -0.3 is 10.6 Å². The molecule has 2 rings (SSSR count). The normalized spacial score (nSPS) is 10.4. The molecule has 0 saturated carbocycles. The first-order chi connectivity index (χ1) is 11.0. The predicted molar refractivity (Wildman–Crippen MR) is 90.7 cm³/mol. The first kappa shape index (κ1) is 16.9. The zero-order valence-electron chi connectivity index (χ0n) is 13.4. The highest BCUT2D eigenvalue weighted by atomic mass is 32.1. The van der Waals surface area contributed by atoms with Crippen molar-refractivity contribution in [2.75, 3.05) is 18.4 Å². The molecule has 0 atom stereocenters. The SMILES string of the molecule is Cc1nc(C(C)C)sc1C(=O)NCCNc1ncccc1C#N. The van der Waals surface area contributed by atoms with E-state index in [0.717, 1.165) is 10.7 Å². The Labute approximate surface area is 139 Å². The zero-order valence-corrected chi connectivity index (χ0v) is 14.2. The van der Waals surface area contributed by atoms with E-state index >= 15 is 0 Å². The van der Waals surface area contributed by atoms with Crippen molar-refractivity contribution >= 4 is 23.1 Å². The molecule has 0 aromatic carbocycles. The van der Waals surface area contributed by atoms with Gasteiger partial charge in [0.25, 0.3) is 5.91 Å². The lowest BCUT2D eigenvalue weighted by Gasteiger charge is -2.07. The van der Waals surface area contributed by atoms with Gasteiger partial charge in [-0.2, -0.15) is 5.26 Å². The number of carbonyl (C=O) groups is 1. The summed E-state index contributed by atoms with van der Waals surface area (Å²) < 4.78 is 0. The van der Waals surface area contributed by atoms with Gasteiger partial charge in [0.15, 0.2) is 0 Å². The minimum absolute atomic E-state index is 0.116. The van der Waals surface area contributed by atoms with Crippen LogP contribution in [0.2, 0.25) is 0 Å². The van der Waals surface area contributed by atoms with Crippen molar-refractivity contribution in [2.24, 2.45) is 0 Å². The molecule has 2 heterocycles. The molecule has 2 aromatic heterocycles. The number of aromatic nitrogens is 2. The Morgan fingerprint density at radius 2 is 2.22 bits per heavy atom. The average Bonchev–Trinajstić information content (AvgIpc) is 2.94. The number of nitrogens with zero attached hydrogens (tertiary/aromatic N) is 3. The van der Waals surface area contributed by atoms with Crippen LogP contribution in [0.25, 0.3) is 0 Å². The Kier molecular flexibility index (Phi) is 5.66. The Hall–Kier alpha value is -2.46. The van der Waals surface area contributed by atoms with E-state index in [-0.39, 0.29) is 5.91 Å². The van der Waals surface area contributed by atoms with Gasteiger partial charge in [0, 0.05) is 25.2 Å². The van der Waals surface area contributed by atoms with E-state index in [1.807, 2.05) is 6.92 Å². The molecule has 1 amide bonds. The zero-order chi connectivity index (χ0) is 16.8. The molecule has 23 heavy (non-hydrogen) atoms. The molecule has 7 heteroatoms. The Bertz CT molecular complexity index is 732. The second kappa shape index (κ2) is 7.70. The Morgan fingerprint density at radius 3 is 2.87 bits per heavy atom. The maximum Gasteiger partial charge on any atom is 0.263 e. The van der Waals surface area contributed by atoms with Crippen LogP contribution in [-0.2, 0) is 0 Å². The van der Waals surface area contributed by atoms with Gasteiger partial charge in [-0.3, -0.25) is 4.79 Å². The fourth-order valence-electron chi connectivity index (χ4n) is 1.95. The summed E-state index contributed by atoms with van der Waals surface area (Å²) in [6, 6.07) is 5.48. The van der Waals surface area contributed by atoms with Crippen LogP contribution in [0.4, 0.5) is 5.82 Å². The molecule has 6 nitrogen and oxygen atoms in total. The van der Waals surface area contributed by atoms with Gasteiger partial charge in [0.1, 0.15) is 16.8 Å². The maximum absolute atomic E-state index is 12.2. The smallest absolute Gasteiger partial charge is 0.263 e. The van der Waals surface area contributed by atoms with E-state index < -0.39 is 0 Å². The molecular formula is C16H19N5OS. The number of nitrogens with one attached hydrogen (secondary N) is 2. The second-order valence-electron chi connectivity index (χ2n) is 5.32. The highest BCUT2D eigenvalue weighted by molar-refractivity contribution is 7.13. The molecule has 2 aromatic rings. The van der Waals surface area contributed by atoms with Crippen molar-refractivity contribution in [3.05, 3.63) is 39.5 Å². The lowest BCUT2D eigenvalue weighted by atomic mass is 10.2. The monoisotopic (exact) mass is 329 g/mol. The first-order valence-electron chi connectivity index (χ1n) is 7.37. The number of hydrogen-bond donors (Lipinski definition) is 2. The number of aryl methyl sites for hydroxylation is 1. The lowest BCUT2D eigenvalue weighted by Crippen LogP contribution is -2.28. The summed E-state index contributed by atoms with van der Waals surface area (Å²) in [5.74, 6) is 0.728. The molecule has 0 aliphatic heterocycles. The molecule has 0 radical (unpaired) electrons. The van der Waals surface area contributed by atoms with Gasteiger partial charge in [0.05, 0.1) is 16.3 Å². The number of nitriles is 1. The summed E-state index contributed by atoms with van der Waals surface area (Å²) in [4.78, 5) is 21.4. The van der Waals surface area contributed by atoms with Gasteiger partial charge in [-0.05, 0) is 19.1 Å². The summed E-state index contributed by atoms with van der Waals surface area (Å²) in [5, 5.41) is 15.9. The van der Waals surface area contributed by atoms with E-state index in [1.54, 1.807) is 18.3 Å². The molecule has 0 fully saturated rings. The number of thiazole rings is 1. The topological polar surface area (TPSA) is 90.7 Å². The van der Waals surface area contributed by atoms with Crippen molar-refractivity contribution in [1.82, 2.24) is 15.3 Å². The molecule has 0 spiro atoms. The van der Waals surface area contributed by atoms with E-state index in [4.69, 9.17) is 5.26 Å². The van der Waals surface area contributed by atoms with Crippen molar-refractivity contribution < 1.29 is 4.79 Å². The van der Waals surface area contributed by atoms with Crippen LogP contribution < -0.4 is 10.6 Å². The maximum atomic E-state index is 12.2. The molecule has 0 aliphatic rings. The van der Waals surface area contributed by atoms with E-state index in [9.17, 15) is 4.79 Å². The quantitative estimate of drug-likeness (QED) is 0.795. The standard InChI is InChI=1S/C16H19N5OS/c1-10(2)16-21-11(3)13(23-16)15(22)20-8-7-19-14-12(9-17)5-4-6-18-14/h4-6,10H,7-8H2,1-3H3,(H,18,19)(H,20,22). The van der Waals surface area contributed by atoms with Crippen LogP contribution >= 0.6 is 11.3 Å². The largest absolute Gasteiger partial charge is 0.367 e. The van der Waals surface area contributed by atoms with Gasteiger partial charge in [-0.1, -0.05) is 13.8 Å². The van der Waals surface area contributed by atoms with Crippen molar-refractivity contribution in [2.45, 2.75) is 26.7 Å². The van der Waals surface area contributed by atoms with Crippen molar-refractivity contribution in [3.63, 3.8) is 0 Å². The van der Waals surface area contributed by atoms with Crippen LogP contribution in [0.15, 0.2) is 18.3 Å². The minimum atomic E-state index is -0.116. The van der Waals surface area contributed by atoms with E-state index in [1.165, 1.54) is 11.3 Å². The highest BCUT2D eigenvalue weighted by Gasteiger charge is 2.16. The Morgan fingerprint density at radius 1 is 1.43 bits per heavy atom. The number of amides is 1. The molecule has 0 aliphatic carbocycles. The van der Waals surface area contributed by atoms with Crippen molar-refractivity contribution in [3.8, 4) is 6.07 Å². The first-order valence-corrected chi connectivity index (χ1v) is 8.19. The fraction of sp³-hybridized carbons (Fsp3) is 0.375. The molecule has 120 valence electrons. The third-order valence-corrected chi connectivity index (χ3v) is 4.60. The summed E-state index contributed by atoms with van der Waals surface area (Å²) in [6.45, 7) is 6.90. The third kappa shape index (κ3) is 4.27. The number of pyridine rings is 1. The minimum Gasteiger partial charge on any atom is -0.367 e. The lowest BCUT2D eigenvalue weighted by molar-refractivity contribution is 0.0958. The van der Waals surface area contributed by atoms with Crippen LogP contribution in [0.1, 0.15) is 45.7 Å². The molecule has 2 N–H and O–H groups in total. The number of hydrogen-bond acceptors (Lipinski definition) is 6. The molecule has 0 unspecified atom stereocenters. The van der Waals surface area contributed by atoms with E-state index in [2.05, 4.69) is 40.5 Å². The highest BCUT2D eigenvalue weighted by Crippen LogP contribution is 2.24. The van der Waals surface area contributed by atoms with Gasteiger partial charge in [-0.15, -0.1) is 11.3 Å². The fourth-order valence-corrected chi connectivity index (χ4v) is 2.93. The predicted octanol–water partition coefficient (Wildman–Crippen LogP) is 2.68. The molecule has 0 bridgehead atoms. The Balaban J connectivity index is 1.87. The van der Waals surface area contributed by atoms with Gasteiger partial charge in [0.2, 0.25) is 0 Å². The van der Waals surface area contributed by atoms with Gasteiger partial charge >= 0.3 is 0 Å². The summed E-state index contributed by atoms with van der Waals surface area (Å²) >= 11 is 1.44. The van der Waals surface area contributed by atoms with Crippen LogP contribution in [-0.4, -0.2) is 29.0 Å². The van der Waals surface area contributed by atoms with Crippen LogP contribution in [0.5, 0.6) is 0 Å². The van der Waals surface area contributed by atoms with E-state index in [0.29, 0.717) is 35.3 Å². The number of anilines is 1. The molecular weight excluding hydrogens is 310 g/mol.